The zero-order chi connectivity index (χ0) is 45.0. The van der Waals surface area contributed by atoms with E-state index in [9.17, 15) is 78.0 Å². The number of primary amides is 1. The van der Waals surface area contributed by atoms with Crippen LogP contribution in [0, 0.1) is 0 Å². The minimum atomic E-state index is -1.91. The standard InChI is InChI=1S/C31H47N9O17S2/c1-12(41)24-31(57)34-9-19(42)35-14(2-5-20(43)44)27(53)39-18(25(33)51)11-59-58-10-13(32)26(52)38-17(8-23(49)50)30(56)37-15(3-6-21(45)46)28(54)36-16(29(55)40-24)4-7-22(47)48/h12-18,24,41H,2-11,32H2,1H3,(H2,33,51)(H,34,57)(H,35,42)(H,36,54)(H,37,56)(H,38,52)(H,39,53)(H,40,55)(H,43,44)(H,45,46)(H,47,48)(H,49,50)/t12-,13+,14+,15+,16+,17+,18+,24+/m1/s1. The Kier molecular flexibility index (Phi) is 22.2. The van der Waals surface area contributed by atoms with Crippen molar-refractivity contribution in [2.24, 2.45) is 11.5 Å². The minimum Gasteiger partial charge on any atom is -0.481 e. The number of carboxylic acids is 4. The van der Waals surface area contributed by atoms with Crippen molar-refractivity contribution in [1.82, 2.24) is 37.2 Å². The Labute approximate surface area is 342 Å². The molecule has 0 radical (unpaired) electrons. The third-order valence-electron chi connectivity index (χ3n) is 7.92. The van der Waals surface area contributed by atoms with E-state index in [4.69, 9.17) is 16.6 Å². The Bertz CT molecular complexity index is 1620. The second-order valence-corrected chi connectivity index (χ2v) is 15.3. The highest BCUT2D eigenvalue weighted by Crippen LogP contribution is 2.23. The molecule has 8 atom stereocenters. The summed E-state index contributed by atoms with van der Waals surface area (Å²) in [5.74, 6) is -15.8. The number of carbonyl (C=O) groups is 12. The second kappa shape index (κ2) is 25.6. The van der Waals surface area contributed by atoms with Crippen LogP contribution in [0.15, 0.2) is 0 Å². The number of aliphatic carboxylic acids is 4. The number of rotatable bonds is 13. The SMILES string of the molecule is C[C@@H](O)[C@@H]1NC(=O)[C@H](CCC(=O)O)NC(=O)[C@H](CCC(=O)O)NC(=O)[C@H](CC(=O)O)NC(=O)[C@@H](N)CSSC[C@@H](C(N)=O)NC(=O)[C@H](CCC(=O)O)NC(=O)CNC1=O. The maximum Gasteiger partial charge on any atom is 0.305 e. The monoisotopic (exact) mass is 881 g/mol. The summed E-state index contributed by atoms with van der Waals surface area (Å²) in [5, 5.41) is 62.4. The normalized spacial score (nSPS) is 25.6. The molecule has 1 aliphatic rings. The van der Waals surface area contributed by atoms with Crippen LogP contribution in [0.5, 0.6) is 0 Å². The molecule has 0 spiro atoms. The van der Waals surface area contributed by atoms with Gasteiger partial charge < -0.3 is 74.2 Å². The van der Waals surface area contributed by atoms with E-state index in [0.29, 0.717) is 0 Å². The van der Waals surface area contributed by atoms with Gasteiger partial charge in [-0.15, -0.1) is 0 Å². The molecule has 16 N–H and O–H groups in total. The van der Waals surface area contributed by atoms with Crippen molar-refractivity contribution in [3.8, 4) is 0 Å². The Morgan fingerprint density at radius 3 is 1.49 bits per heavy atom. The highest BCUT2D eigenvalue weighted by molar-refractivity contribution is 8.76. The summed E-state index contributed by atoms with van der Waals surface area (Å²) in [6.07, 6.45) is -6.86. The number of hydrogen-bond donors (Lipinski definition) is 14. The van der Waals surface area contributed by atoms with Crippen LogP contribution < -0.4 is 48.7 Å². The van der Waals surface area contributed by atoms with Crippen molar-refractivity contribution in [2.75, 3.05) is 18.1 Å². The lowest BCUT2D eigenvalue weighted by Crippen LogP contribution is -2.60. The Morgan fingerprint density at radius 2 is 1.03 bits per heavy atom. The third kappa shape index (κ3) is 20.0. The van der Waals surface area contributed by atoms with Crippen LogP contribution in [0.1, 0.15) is 51.9 Å². The summed E-state index contributed by atoms with van der Waals surface area (Å²) in [6, 6.07) is -12.0. The van der Waals surface area contributed by atoms with Crippen molar-refractivity contribution >= 4 is 92.7 Å². The molecule has 26 nitrogen and oxygen atoms in total. The molecule has 8 amide bonds. The molecule has 0 aromatic heterocycles. The summed E-state index contributed by atoms with van der Waals surface area (Å²) in [4.78, 5) is 150. The van der Waals surface area contributed by atoms with Crippen LogP contribution in [-0.2, 0) is 57.5 Å². The van der Waals surface area contributed by atoms with Gasteiger partial charge in [0.15, 0.2) is 0 Å². The van der Waals surface area contributed by atoms with Gasteiger partial charge in [0.2, 0.25) is 47.3 Å². The first-order valence-corrected chi connectivity index (χ1v) is 19.9. The van der Waals surface area contributed by atoms with Crippen LogP contribution in [0.4, 0.5) is 0 Å². The van der Waals surface area contributed by atoms with Crippen molar-refractivity contribution < 1.29 is 83.1 Å². The van der Waals surface area contributed by atoms with Crippen LogP contribution in [-0.4, -0.2) is 163 Å². The highest BCUT2D eigenvalue weighted by Gasteiger charge is 2.35. The summed E-state index contributed by atoms with van der Waals surface area (Å²) in [6.45, 7) is 0.102. The topological polar surface area (TPSA) is 442 Å². The van der Waals surface area contributed by atoms with E-state index in [1.165, 1.54) is 0 Å². The van der Waals surface area contributed by atoms with Gasteiger partial charge in [-0.25, -0.2) is 0 Å². The molecule has 0 unspecified atom stereocenters. The van der Waals surface area contributed by atoms with Gasteiger partial charge in [0.25, 0.3) is 0 Å². The smallest absolute Gasteiger partial charge is 0.305 e. The van der Waals surface area contributed by atoms with Crippen molar-refractivity contribution in [3.05, 3.63) is 0 Å². The zero-order valence-electron chi connectivity index (χ0n) is 31.3. The second-order valence-electron chi connectivity index (χ2n) is 12.8. The molecule has 28 heteroatoms. The number of hydrogen-bond acceptors (Lipinski definition) is 16. The molecule has 1 fully saturated rings. The molecule has 1 aliphatic heterocycles. The molecule has 0 bridgehead atoms. The van der Waals surface area contributed by atoms with Gasteiger partial charge in [0, 0.05) is 30.8 Å². The zero-order valence-corrected chi connectivity index (χ0v) is 32.9. The lowest BCUT2D eigenvalue weighted by atomic mass is 10.1. The summed E-state index contributed by atoms with van der Waals surface area (Å²) < 4.78 is 0. The summed E-state index contributed by atoms with van der Waals surface area (Å²) in [5.41, 5.74) is 11.3. The number of carboxylic acid groups (broad SMARTS) is 4. The van der Waals surface area contributed by atoms with Crippen molar-refractivity contribution in [2.45, 2.75) is 100 Å². The highest BCUT2D eigenvalue weighted by atomic mass is 33.1. The van der Waals surface area contributed by atoms with E-state index in [-0.39, 0.29) is 11.5 Å². The lowest BCUT2D eigenvalue weighted by molar-refractivity contribution is -0.142. The van der Waals surface area contributed by atoms with Gasteiger partial charge in [-0.3, -0.25) is 57.5 Å². The van der Waals surface area contributed by atoms with Crippen LogP contribution in [0.3, 0.4) is 0 Å². The largest absolute Gasteiger partial charge is 0.481 e. The molecular weight excluding hydrogens is 835 g/mol. The molecule has 59 heavy (non-hydrogen) atoms. The third-order valence-corrected chi connectivity index (χ3v) is 10.4. The van der Waals surface area contributed by atoms with E-state index < -0.39 is 171 Å². The average molecular weight is 882 g/mol. The number of aliphatic hydroxyl groups is 1. The maximum atomic E-state index is 13.5. The fourth-order valence-corrected chi connectivity index (χ4v) is 7.08. The number of amides is 8. The molecule has 0 aromatic rings. The molecule has 0 aliphatic carbocycles. The summed E-state index contributed by atoms with van der Waals surface area (Å²) in [7, 11) is 1.74. The molecule has 0 aromatic carbocycles. The first-order chi connectivity index (χ1) is 27.5. The lowest BCUT2D eigenvalue weighted by Gasteiger charge is -2.27. The van der Waals surface area contributed by atoms with Gasteiger partial charge in [-0.2, -0.15) is 0 Å². The predicted molar refractivity (Wildman–Crippen MR) is 201 cm³/mol. The molecule has 1 heterocycles. The number of nitrogens with one attached hydrogen (secondary N) is 7. The van der Waals surface area contributed by atoms with Gasteiger partial charge in [-0.1, -0.05) is 21.6 Å². The Balaban J connectivity index is 3.64. The number of carbonyl (C=O) groups excluding carboxylic acids is 8. The van der Waals surface area contributed by atoms with Gasteiger partial charge in [0.1, 0.15) is 36.3 Å². The first-order valence-electron chi connectivity index (χ1n) is 17.5. The maximum absolute atomic E-state index is 13.5. The van der Waals surface area contributed by atoms with Crippen LogP contribution >= 0.6 is 21.6 Å². The van der Waals surface area contributed by atoms with E-state index >= 15 is 0 Å². The molecule has 330 valence electrons. The average Bonchev–Trinajstić information content (AvgIpc) is 3.13. The van der Waals surface area contributed by atoms with Crippen LogP contribution in [0.2, 0.25) is 0 Å². The number of aliphatic hydroxyl groups excluding tert-OH is 1. The van der Waals surface area contributed by atoms with E-state index in [2.05, 4.69) is 37.2 Å². The van der Waals surface area contributed by atoms with Crippen molar-refractivity contribution in [1.29, 1.82) is 0 Å². The molecular formula is C31H47N9O17S2. The first kappa shape index (κ1) is 51.3. The quantitative estimate of drug-likeness (QED) is 0.0765. The molecule has 1 rings (SSSR count). The molecule has 1 saturated heterocycles. The molecule has 0 saturated carbocycles. The van der Waals surface area contributed by atoms with E-state index in [1.807, 2.05) is 0 Å². The predicted octanol–water partition coefficient (Wildman–Crippen LogP) is -6.33. The van der Waals surface area contributed by atoms with E-state index in [0.717, 1.165) is 28.5 Å². The van der Waals surface area contributed by atoms with E-state index in [1.54, 1.807) is 0 Å². The fraction of sp³-hybridized carbons (Fsp3) is 0.613. The van der Waals surface area contributed by atoms with Crippen molar-refractivity contribution in [3.63, 3.8) is 0 Å². The minimum absolute atomic E-state index is 0.250. The summed E-state index contributed by atoms with van der Waals surface area (Å²) >= 11 is 0. The Hall–Kier alpha value is -5.74. The van der Waals surface area contributed by atoms with Gasteiger partial charge in [-0.05, 0) is 26.2 Å². The Morgan fingerprint density at radius 1 is 0.610 bits per heavy atom. The fourth-order valence-electron chi connectivity index (χ4n) is 4.78. The van der Waals surface area contributed by atoms with Crippen LogP contribution in [0.25, 0.3) is 0 Å². The van der Waals surface area contributed by atoms with Gasteiger partial charge >= 0.3 is 23.9 Å². The number of nitrogens with two attached hydrogens (primary N) is 2. The van der Waals surface area contributed by atoms with Gasteiger partial charge in [0.05, 0.1) is 25.1 Å².